The highest BCUT2D eigenvalue weighted by atomic mass is 32.2. The number of carbonyl (C=O) groups is 1. The molecule has 0 unspecified atom stereocenters. The maximum Gasteiger partial charge on any atom is 0.410 e. The maximum atomic E-state index is 14.3. The standard InChI is InChI=1S/C53H63N3O11S/c1-3-28-65-53-49(55(2)52(59)64-30-29-62-36-38-14-6-4-7-15-38)35-47(54-66-37-39-20-22-41(23-21-39)56(60)61)45-33-40(16-10-12-26-57)44(19-11-13-27-58)50(51(45)53)46-34-42(24-25-48(46)67-53)63-31-32-68-43-17-8-5-9-18-43/h3-9,14-15,17-18,20-25,33-34,40,44,49-51,57-58H,1,10-13,16,19,26-32,35-37H2,2H3/t40-,44+,49-,50+,51+,53+/m0/s1. The smallest absolute Gasteiger partial charge is 0.410 e. The number of ether oxygens (including phenoxy) is 5. The number of thioether (sulfide) groups is 1. The van der Waals surface area contributed by atoms with Gasteiger partial charge >= 0.3 is 6.09 Å². The monoisotopic (exact) mass is 949 g/mol. The first-order valence-electron chi connectivity index (χ1n) is 23.5. The first-order valence-corrected chi connectivity index (χ1v) is 24.5. The number of hydrogen-bond acceptors (Lipinski definition) is 13. The number of benzene rings is 4. The van der Waals surface area contributed by atoms with Gasteiger partial charge in [-0.1, -0.05) is 78.7 Å². The lowest BCUT2D eigenvalue weighted by Gasteiger charge is -2.59. The van der Waals surface area contributed by atoms with Gasteiger partial charge in [0.05, 0.1) is 43.0 Å². The van der Waals surface area contributed by atoms with Crippen LogP contribution >= 0.6 is 11.8 Å². The minimum absolute atomic E-state index is 0.0124. The van der Waals surface area contributed by atoms with Gasteiger partial charge < -0.3 is 43.6 Å². The molecular formula is C53H63N3O11S. The van der Waals surface area contributed by atoms with Crippen LogP contribution < -0.4 is 9.47 Å². The molecule has 2 N–H and O–H groups in total. The Kier molecular flexibility index (Phi) is 18.5. The SMILES string of the molecule is C=CCO[C@@]12Oc3ccc(OCCSc4ccccc4)cc3[C@H]3[C@H](CCCCO)[C@@H](CCCCO)C=C(C(=NOCc4ccc([N+](=O)[O-])cc4)C[C@@H]1N(C)C(=O)OCCOCc1ccccc1)[C@H]32. The number of nitrogens with zero attached hydrogens (tertiary/aromatic N) is 3. The summed E-state index contributed by atoms with van der Waals surface area (Å²) in [5, 5.41) is 36.1. The molecule has 4 aromatic rings. The Hall–Kier alpha value is -5.71. The Labute approximate surface area is 403 Å². The average Bonchev–Trinajstić information content (AvgIpc) is 3.36. The lowest BCUT2D eigenvalue weighted by Crippen LogP contribution is -2.69. The molecule has 14 nitrogen and oxygen atoms in total. The summed E-state index contributed by atoms with van der Waals surface area (Å²) in [5.41, 5.74) is 4.10. The summed E-state index contributed by atoms with van der Waals surface area (Å²) in [4.78, 5) is 34.0. The van der Waals surface area contributed by atoms with Crippen molar-refractivity contribution in [3.05, 3.63) is 154 Å². The van der Waals surface area contributed by atoms with Gasteiger partial charge in [-0.25, -0.2) is 4.79 Å². The van der Waals surface area contributed by atoms with Crippen molar-refractivity contribution in [2.75, 3.05) is 52.4 Å². The van der Waals surface area contributed by atoms with Crippen LogP contribution in [0.5, 0.6) is 11.5 Å². The summed E-state index contributed by atoms with van der Waals surface area (Å²) >= 11 is 1.72. The van der Waals surface area contributed by atoms with Gasteiger partial charge in [-0.3, -0.25) is 10.1 Å². The second-order valence-corrected chi connectivity index (χ2v) is 18.4. The van der Waals surface area contributed by atoms with Gasteiger partial charge in [0.25, 0.3) is 5.69 Å². The van der Waals surface area contributed by atoms with Crippen molar-refractivity contribution in [2.24, 2.45) is 22.9 Å². The zero-order chi connectivity index (χ0) is 47.7. The van der Waals surface area contributed by atoms with Crippen LogP contribution in [0.1, 0.15) is 67.6 Å². The number of rotatable bonds is 26. The highest BCUT2D eigenvalue weighted by molar-refractivity contribution is 7.99. The molecule has 1 fully saturated rings. The molecule has 1 amide bonds. The molecule has 1 heterocycles. The summed E-state index contributed by atoms with van der Waals surface area (Å²) in [7, 11) is 1.68. The maximum absolute atomic E-state index is 14.3. The molecule has 15 heteroatoms. The molecule has 0 saturated heterocycles. The molecule has 0 spiro atoms. The van der Waals surface area contributed by atoms with Crippen molar-refractivity contribution < 1.29 is 48.5 Å². The summed E-state index contributed by atoms with van der Waals surface area (Å²) in [6.07, 6.45) is 7.92. The van der Waals surface area contributed by atoms with E-state index in [4.69, 9.17) is 33.7 Å². The predicted molar refractivity (Wildman–Crippen MR) is 261 cm³/mol. The number of likely N-dealkylation sites (N-methyl/N-ethyl adjacent to an activating group) is 1. The van der Waals surface area contributed by atoms with E-state index in [-0.39, 0.29) is 69.5 Å². The summed E-state index contributed by atoms with van der Waals surface area (Å²) in [6.45, 7) is 5.35. The van der Waals surface area contributed by atoms with E-state index in [1.165, 1.54) is 17.0 Å². The third kappa shape index (κ3) is 12.5. The van der Waals surface area contributed by atoms with Gasteiger partial charge in [-0.2, -0.15) is 0 Å². The van der Waals surface area contributed by atoms with Crippen molar-refractivity contribution in [1.82, 2.24) is 4.90 Å². The first kappa shape index (κ1) is 50.2. The van der Waals surface area contributed by atoms with Crippen LogP contribution in [0.2, 0.25) is 0 Å². The number of amides is 1. The van der Waals surface area contributed by atoms with E-state index in [2.05, 4.69) is 30.9 Å². The van der Waals surface area contributed by atoms with E-state index in [0.29, 0.717) is 48.8 Å². The number of fused-ring (bicyclic) bond motifs is 2. The number of allylic oxidation sites excluding steroid dienone is 1. The van der Waals surface area contributed by atoms with Crippen LogP contribution in [0.15, 0.2) is 137 Å². The fourth-order valence-electron chi connectivity index (χ4n) is 9.73. The molecule has 4 aromatic carbocycles. The van der Waals surface area contributed by atoms with Crippen molar-refractivity contribution >= 4 is 29.3 Å². The predicted octanol–water partition coefficient (Wildman–Crippen LogP) is 9.88. The third-order valence-corrected chi connectivity index (χ3v) is 13.9. The minimum Gasteiger partial charge on any atom is -0.493 e. The molecule has 0 bridgehead atoms. The first-order chi connectivity index (χ1) is 33.3. The van der Waals surface area contributed by atoms with Crippen LogP contribution in [0.3, 0.4) is 0 Å². The van der Waals surface area contributed by atoms with E-state index in [0.717, 1.165) is 53.0 Å². The lowest BCUT2D eigenvalue weighted by atomic mass is 9.55. The number of non-ortho nitro benzene ring substituents is 1. The molecule has 68 heavy (non-hydrogen) atoms. The Bertz CT molecular complexity index is 2320. The number of nitro benzene ring substituents is 1. The van der Waals surface area contributed by atoms with Crippen molar-refractivity contribution in [2.45, 2.75) is 80.8 Å². The van der Waals surface area contributed by atoms with Crippen LogP contribution in [0.4, 0.5) is 10.5 Å². The Morgan fingerprint density at radius 3 is 2.37 bits per heavy atom. The number of oxime groups is 1. The fraction of sp³-hybridized carbons (Fsp3) is 0.434. The molecule has 0 radical (unpaired) electrons. The Morgan fingerprint density at radius 1 is 0.926 bits per heavy atom. The number of hydrogen-bond donors (Lipinski definition) is 2. The number of aliphatic hydroxyl groups excluding tert-OH is 2. The molecular weight excluding hydrogens is 887 g/mol. The fourth-order valence-corrected chi connectivity index (χ4v) is 10.5. The number of nitro groups is 1. The van der Waals surface area contributed by atoms with Gasteiger partial charge in [-0.15, -0.1) is 18.3 Å². The highest BCUT2D eigenvalue weighted by Gasteiger charge is 2.65. The Balaban J connectivity index is 1.28. The molecule has 3 aliphatic rings. The normalized spacial score (nSPS) is 22.0. The quantitative estimate of drug-likeness (QED) is 0.0201. The molecule has 362 valence electrons. The lowest BCUT2D eigenvalue weighted by molar-refractivity contribution is -0.384. The van der Waals surface area contributed by atoms with Crippen molar-refractivity contribution in [3.8, 4) is 11.5 Å². The molecule has 2 aliphatic carbocycles. The molecule has 6 atom stereocenters. The number of carbonyl (C=O) groups excluding carboxylic acids is 1. The highest BCUT2D eigenvalue weighted by Crippen LogP contribution is 2.62. The van der Waals surface area contributed by atoms with Gasteiger partial charge in [-0.05, 0) is 96.7 Å². The number of unbranched alkanes of at least 4 members (excludes halogenated alkanes) is 2. The molecule has 0 aromatic heterocycles. The van der Waals surface area contributed by atoms with E-state index >= 15 is 0 Å². The zero-order valence-corrected chi connectivity index (χ0v) is 39.5. The van der Waals surface area contributed by atoms with Gasteiger partial charge in [0.2, 0.25) is 5.79 Å². The third-order valence-electron chi connectivity index (χ3n) is 12.9. The van der Waals surface area contributed by atoms with Gasteiger partial charge in [0.15, 0.2) is 0 Å². The van der Waals surface area contributed by atoms with Crippen molar-refractivity contribution in [3.63, 3.8) is 0 Å². The Morgan fingerprint density at radius 2 is 1.65 bits per heavy atom. The van der Waals surface area contributed by atoms with Crippen LogP contribution in [0.25, 0.3) is 0 Å². The van der Waals surface area contributed by atoms with E-state index in [1.807, 2.05) is 60.7 Å². The summed E-state index contributed by atoms with van der Waals surface area (Å²) in [5.74, 6) is -0.139. The summed E-state index contributed by atoms with van der Waals surface area (Å²) in [6, 6.07) is 31.2. The van der Waals surface area contributed by atoms with E-state index in [9.17, 15) is 25.1 Å². The largest absolute Gasteiger partial charge is 0.493 e. The van der Waals surface area contributed by atoms with Gasteiger partial charge in [0, 0.05) is 60.9 Å². The number of aliphatic hydroxyl groups is 2. The molecule has 1 saturated carbocycles. The topological polar surface area (TPSA) is 172 Å². The van der Waals surface area contributed by atoms with Crippen molar-refractivity contribution in [1.29, 1.82) is 0 Å². The van der Waals surface area contributed by atoms with E-state index in [1.54, 1.807) is 37.0 Å². The van der Waals surface area contributed by atoms with E-state index < -0.39 is 28.8 Å². The second kappa shape index (κ2) is 25.1. The van der Waals surface area contributed by atoms with Crippen LogP contribution in [0, 0.1) is 27.9 Å². The average molecular weight is 950 g/mol. The summed E-state index contributed by atoms with van der Waals surface area (Å²) < 4.78 is 32.4. The molecule has 1 aliphatic heterocycles. The molecule has 7 rings (SSSR count). The second-order valence-electron chi connectivity index (χ2n) is 17.2. The zero-order valence-electron chi connectivity index (χ0n) is 38.7. The van der Waals surface area contributed by atoms with Crippen LogP contribution in [-0.2, 0) is 32.3 Å². The van der Waals surface area contributed by atoms with Gasteiger partial charge in [0.1, 0.15) is 30.8 Å². The van der Waals surface area contributed by atoms with Crippen LogP contribution in [-0.4, -0.2) is 96.1 Å². The minimum atomic E-state index is -1.47.